The van der Waals surface area contributed by atoms with Crippen molar-refractivity contribution in [2.75, 3.05) is 0 Å². The highest BCUT2D eigenvalue weighted by Crippen LogP contribution is 2.37. The van der Waals surface area contributed by atoms with Crippen LogP contribution in [-0.4, -0.2) is 33.6 Å². The van der Waals surface area contributed by atoms with Crippen LogP contribution in [0.15, 0.2) is 36.4 Å². The zero-order valence-electron chi connectivity index (χ0n) is 16.4. The summed E-state index contributed by atoms with van der Waals surface area (Å²) in [7, 11) is 0. The lowest BCUT2D eigenvalue weighted by Gasteiger charge is -2.26. The van der Waals surface area contributed by atoms with Crippen molar-refractivity contribution in [3.05, 3.63) is 52.1 Å². The molecule has 1 saturated heterocycles. The average Bonchev–Trinajstić information content (AvgIpc) is 2.95. The lowest BCUT2D eigenvalue weighted by atomic mass is 9.85. The molecule has 0 bridgehead atoms. The first-order valence-electron chi connectivity index (χ1n) is 9.71. The summed E-state index contributed by atoms with van der Waals surface area (Å²) in [5, 5.41) is 10.9. The largest absolute Gasteiger partial charge is 0.459 e. The van der Waals surface area contributed by atoms with Gasteiger partial charge in [0.2, 0.25) is 11.8 Å². The van der Waals surface area contributed by atoms with Gasteiger partial charge in [-0.25, -0.2) is 4.79 Å². The minimum atomic E-state index is -0.987. The Morgan fingerprint density at radius 3 is 2.38 bits per heavy atom. The second-order valence-corrected chi connectivity index (χ2v) is 7.88. The van der Waals surface area contributed by atoms with Gasteiger partial charge in [-0.1, -0.05) is 38.1 Å². The number of esters is 1. The van der Waals surface area contributed by atoms with E-state index in [2.05, 4.69) is 0 Å². The summed E-state index contributed by atoms with van der Waals surface area (Å²) >= 11 is 0. The summed E-state index contributed by atoms with van der Waals surface area (Å²) in [6.07, 6.45) is 5.10. The standard InChI is InChI=1S/C21H24N2O6/c1-13(2)10-18(22-19(24)16-8-3-4-9-17(16)20(22)25)21(26)29-12-14-6-5-7-15(11-14)23(27)28/h3-7,11,13,16-18H,8-10,12H2,1-2H3/t16-,17+,18-/m1/s1. The second-order valence-electron chi connectivity index (χ2n) is 7.88. The van der Waals surface area contributed by atoms with Gasteiger partial charge in [0.25, 0.3) is 5.69 Å². The zero-order chi connectivity index (χ0) is 21.1. The number of hydrogen-bond acceptors (Lipinski definition) is 6. The highest BCUT2D eigenvalue weighted by Gasteiger charge is 2.51. The Morgan fingerprint density at radius 1 is 1.21 bits per heavy atom. The molecule has 0 unspecified atom stereocenters. The molecular weight excluding hydrogens is 376 g/mol. The first-order chi connectivity index (χ1) is 13.8. The topological polar surface area (TPSA) is 107 Å². The van der Waals surface area contributed by atoms with E-state index in [1.807, 2.05) is 26.0 Å². The average molecular weight is 400 g/mol. The summed E-state index contributed by atoms with van der Waals surface area (Å²) in [5.74, 6) is -2.06. The number of non-ortho nitro benzene ring substituents is 1. The molecule has 1 aromatic rings. The normalized spacial score (nSPS) is 22.0. The van der Waals surface area contributed by atoms with E-state index >= 15 is 0 Å². The number of allylic oxidation sites excluding steroid dienone is 2. The maximum atomic E-state index is 12.9. The van der Waals surface area contributed by atoms with Gasteiger partial charge in [-0.05, 0) is 30.7 Å². The summed E-state index contributed by atoms with van der Waals surface area (Å²) in [6.45, 7) is 3.64. The van der Waals surface area contributed by atoms with Crippen LogP contribution in [0.4, 0.5) is 5.69 Å². The quantitative estimate of drug-likeness (QED) is 0.229. The molecule has 2 aliphatic rings. The lowest BCUT2D eigenvalue weighted by Crippen LogP contribution is -2.47. The van der Waals surface area contributed by atoms with Crippen LogP contribution < -0.4 is 0 Å². The number of imide groups is 1. The zero-order valence-corrected chi connectivity index (χ0v) is 16.4. The molecular formula is C21H24N2O6. The Kier molecular flexibility index (Phi) is 6.10. The van der Waals surface area contributed by atoms with Crippen LogP contribution in [0.25, 0.3) is 0 Å². The summed E-state index contributed by atoms with van der Waals surface area (Å²) in [5.41, 5.74) is 0.367. The van der Waals surface area contributed by atoms with E-state index in [0.717, 1.165) is 4.90 Å². The van der Waals surface area contributed by atoms with E-state index in [1.54, 1.807) is 6.07 Å². The second kappa shape index (κ2) is 8.55. The van der Waals surface area contributed by atoms with Crippen molar-refractivity contribution in [2.45, 2.75) is 45.8 Å². The Hall–Kier alpha value is -3.03. The number of nitro benzene ring substituents is 1. The smallest absolute Gasteiger partial charge is 0.329 e. The van der Waals surface area contributed by atoms with Gasteiger partial charge in [0.15, 0.2) is 0 Å². The monoisotopic (exact) mass is 400 g/mol. The molecule has 0 N–H and O–H groups in total. The van der Waals surface area contributed by atoms with Crippen LogP contribution in [0.2, 0.25) is 0 Å². The lowest BCUT2D eigenvalue weighted by molar-refractivity contribution is -0.384. The number of hydrogen-bond donors (Lipinski definition) is 0. The number of likely N-dealkylation sites (tertiary alicyclic amines) is 1. The number of nitro groups is 1. The fourth-order valence-corrected chi connectivity index (χ4v) is 3.90. The number of nitrogens with zero attached hydrogens (tertiary/aromatic N) is 2. The predicted molar refractivity (Wildman–Crippen MR) is 103 cm³/mol. The van der Waals surface area contributed by atoms with Crippen LogP contribution >= 0.6 is 0 Å². The number of fused-ring (bicyclic) bond motifs is 1. The van der Waals surface area contributed by atoms with Crippen molar-refractivity contribution < 1.29 is 24.0 Å². The van der Waals surface area contributed by atoms with Crippen molar-refractivity contribution in [1.29, 1.82) is 0 Å². The third-order valence-corrected chi connectivity index (χ3v) is 5.32. The number of ether oxygens (including phenoxy) is 1. The van der Waals surface area contributed by atoms with Crippen molar-refractivity contribution in [1.82, 2.24) is 4.90 Å². The summed E-state index contributed by atoms with van der Waals surface area (Å²) < 4.78 is 5.37. The minimum Gasteiger partial charge on any atom is -0.459 e. The van der Waals surface area contributed by atoms with Crippen molar-refractivity contribution in [3.8, 4) is 0 Å². The highest BCUT2D eigenvalue weighted by atomic mass is 16.6. The van der Waals surface area contributed by atoms with Crippen molar-refractivity contribution in [2.24, 2.45) is 17.8 Å². The number of benzene rings is 1. The third-order valence-electron chi connectivity index (χ3n) is 5.32. The van der Waals surface area contributed by atoms with E-state index in [4.69, 9.17) is 4.74 Å². The van der Waals surface area contributed by atoms with E-state index < -0.39 is 28.8 Å². The molecule has 1 aliphatic carbocycles. The highest BCUT2D eigenvalue weighted by molar-refractivity contribution is 6.08. The van der Waals surface area contributed by atoms with E-state index in [9.17, 15) is 24.5 Å². The molecule has 1 fully saturated rings. The number of rotatable bonds is 7. The minimum absolute atomic E-state index is 0.0618. The summed E-state index contributed by atoms with van der Waals surface area (Å²) in [4.78, 5) is 50.0. The fraction of sp³-hybridized carbons (Fsp3) is 0.476. The van der Waals surface area contributed by atoms with Gasteiger partial charge >= 0.3 is 5.97 Å². The van der Waals surface area contributed by atoms with Gasteiger partial charge < -0.3 is 4.74 Å². The summed E-state index contributed by atoms with van der Waals surface area (Å²) in [6, 6.07) is 4.82. The maximum absolute atomic E-state index is 12.9. The van der Waals surface area contributed by atoms with Gasteiger partial charge in [-0.3, -0.25) is 24.6 Å². The predicted octanol–water partition coefficient (Wildman–Crippen LogP) is 3.00. The molecule has 0 radical (unpaired) electrons. The van der Waals surface area contributed by atoms with Gasteiger partial charge in [0.05, 0.1) is 16.8 Å². The fourth-order valence-electron chi connectivity index (χ4n) is 3.90. The molecule has 3 atom stereocenters. The molecule has 2 amide bonds. The molecule has 0 aromatic heterocycles. The van der Waals surface area contributed by atoms with Crippen LogP contribution in [-0.2, 0) is 25.7 Å². The van der Waals surface area contributed by atoms with Gasteiger partial charge in [0, 0.05) is 12.1 Å². The van der Waals surface area contributed by atoms with Gasteiger partial charge in [-0.15, -0.1) is 0 Å². The Morgan fingerprint density at radius 2 is 1.83 bits per heavy atom. The number of carbonyl (C=O) groups excluding carboxylic acids is 3. The Balaban J connectivity index is 1.75. The van der Waals surface area contributed by atoms with Gasteiger partial charge in [0.1, 0.15) is 12.6 Å². The Labute approximate surface area is 168 Å². The molecule has 1 aliphatic heterocycles. The first-order valence-corrected chi connectivity index (χ1v) is 9.71. The van der Waals surface area contributed by atoms with Crippen molar-refractivity contribution in [3.63, 3.8) is 0 Å². The van der Waals surface area contributed by atoms with E-state index in [0.29, 0.717) is 24.8 Å². The molecule has 1 aromatic carbocycles. The maximum Gasteiger partial charge on any atom is 0.329 e. The van der Waals surface area contributed by atoms with E-state index in [1.165, 1.54) is 18.2 Å². The van der Waals surface area contributed by atoms with Crippen LogP contribution in [0.3, 0.4) is 0 Å². The third kappa shape index (κ3) is 4.36. The van der Waals surface area contributed by atoms with E-state index in [-0.39, 0.29) is 30.0 Å². The molecule has 8 nitrogen and oxygen atoms in total. The number of carbonyl (C=O) groups is 3. The SMILES string of the molecule is CC(C)C[C@H](C(=O)OCc1cccc([N+](=O)[O-])c1)N1C(=O)[C@H]2CC=CC[C@H]2C1=O. The first kappa shape index (κ1) is 20.7. The molecule has 154 valence electrons. The Bertz CT molecular complexity index is 836. The molecule has 1 heterocycles. The molecule has 3 rings (SSSR count). The molecule has 29 heavy (non-hydrogen) atoms. The molecule has 8 heteroatoms. The van der Waals surface area contributed by atoms with Crippen LogP contribution in [0.1, 0.15) is 38.7 Å². The van der Waals surface area contributed by atoms with Crippen LogP contribution in [0.5, 0.6) is 0 Å². The molecule has 0 saturated carbocycles. The number of amides is 2. The van der Waals surface area contributed by atoms with Gasteiger partial charge in [-0.2, -0.15) is 0 Å². The van der Waals surface area contributed by atoms with Crippen molar-refractivity contribution >= 4 is 23.5 Å². The van der Waals surface area contributed by atoms with Crippen LogP contribution in [0, 0.1) is 27.9 Å². The molecule has 0 spiro atoms.